The van der Waals surface area contributed by atoms with E-state index in [1.165, 1.54) is 6.20 Å². The summed E-state index contributed by atoms with van der Waals surface area (Å²) in [5.41, 5.74) is 0.174. The molecule has 1 aliphatic heterocycles. The topological polar surface area (TPSA) is 111 Å². The highest BCUT2D eigenvalue weighted by molar-refractivity contribution is 6.06. The van der Waals surface area contributed by atoms with Crippen molar-refractivity contribution in [2.45, 2.75) is 44.7 Å². The van der Waals surface area contributed by atoms with Crippen molar-refractivity contribution < 1.29 is 14.4 Å². The molecule has 0 radical (unpaired) electrons. The number of benzene rings is 1. The number of aromatic amines is 1. The number of amides is 3. The third-order valence-electron chi connectivity index (χ3n) is 5.38. The highest BCUT2D eigenvalue weighted by Gasteiger charge is 2.29. The van der Waals surface area contributed by atoms with E-state index in [1.54, 1.807) is 36.2 Å². The largest absolute Gasteiger partial charge is 0.356 e. The molecule has 29 heavy (non-hydrogen) atoms. The second-order valence-corrected chi connectivity index (χ2v) is 7.49. The van der Waals surface area contributed by atoms with Crippen molar-refractivity contribution in [2.75, 3.05) is 13.6 Å². The number of rotatable bonds is 7. The Kier molecular flexibility index (Phi) is 6.31. The van der Waals surface area contributed by atoms with Crippen LogP contribution in [0, 0.1) is 0 Å². The van der Waals surface area contributed by atoms with Crippen LogP contribution >= 0.6 is 0 Å². The van der Waals surface area contributed by atoms with Crippen LogP contribution in [0.5, 0.6) is 0 Å². The summed E-state index contributed by atoms with van der Waals surface area (Å²) in [5.74, 6) is -0.294. The van der Waals surface area contributed by atoms with Crippen LogP contribution in [-0.4, -0.2) is 53.3 Å². The minimum atomic E-state index is -0.276. The fraction of sp³-hybridized carbons (Fsp3) is 0.429. The van der Waals surface area contributed by atoms with Crippen molar-refractivity contribution in [2.24, 2.45) is 0 Å². The molecule has 2 atom stereocenters. The Labute approximate surface area is 168 Å². The highest BCUT2D eigenvalue weighted by atomic mass is 16.2. The third-order valence-corrected chi connectivity index (χ3v) is 5.38. The van der Waals surface area contributed by atoms with Gasteiger partial charge in [-0.3, -0.25) is 19.2 Å². The summed E-state index contributed by atoms with van der Waals surface area (Å²) in [7, 11) is 1.73. The summed E-state index contributed by atoms with van der Waals surface area (Å²) in [4.78, 5) is 52.3. The van der Waals surface area contributed by atoms with Crippen LogP contribution in [0.25, 0.3) is 10.8 Å². The number of carbonyl (C=O) groups is 3. The maximum atomic E-state index is 12.6. The maximum absolute atomic E-state index is 12.6. The van der Waals surface area contributed by atoms with E-state index in [9.17, 15) is 19.2 Å². The van der Waals surface area contributed by atoms with Crippen LogP contribution in [-0.2, 0) is 9.59 Å². The van der Waals surface area contributed by atoms with E-state index in [0.29, 0.717) is 48.6 Å². The van der Waals surface area contributed by atoms with Crippen molar-refractivity contribution in [1.29, 1.82) is 0 Å². The van der Waals surface area contributed by atoms with Crippen molar-refractivity contribution in [3.8, 4) is 0 Å². The molecule has 8 nitrogen and oxygen atoms in total. The van der Waals surface area contributed by atoms with Crippen LogP contribution in [0.3, 0.4) is 0 Å². The summed E-state index contributed by atoms with van der Waals surface area (Å²) in [5, 5.41) is 6.82. The van der Waals surface area contributed by atoms with Gasteiger partial charge in [-0.1, -0.05) is 18.2 Å². The second kappa shape index (κ2) is 8.89. The summed E-state index contributed by atoms with van der Waals surface area (Å²) in [6.07, 6.45) is 3.50. The van der Waals surface area contributed by atoms with E-state index < -0.39 is 0 Å². The SMILES string of the molecule is C[C@@H](CCNC(=O)CC1CCC(=O)N1C)NC(=O)c1c[nH]c(=O)c2ccccc12. The van der Waals surface area contributed by atoms with Crippen molar-refractivity contribution in [3.63, 3.8) is 0 Å². The number of likely N-dealkylation sites (tertiary alicyclic amines) is 1. The lowest BCUT2D eigenvalue weighted by atomic mass is 10.1. The van der Waals surface area contributed by atoms with Gasteiger partial charge >= 0.3 is 0 Å². The van der Waals surface area contributed by atoms with Gasteiger partial charge in [-0.2, -0.15) is 0 Å². The summed E-state index contributed by atoms with van der Waals surface area (Å²) >= 11 is 0. The molecule has 1 aromatic heterocycles. The summed E-state index contributed by atoms with van der Waals surface area (Å²) in [6, 6.07) is 6.77. The quantitative estimate of drug-likeness (QED) is 0.650. The molecule has 0 saturated carbocycles. The average molecular weight is 398 g/mol. The van der Waals surface area contributed by atoms with Gasteiger partial charge in [0.2, 0.25) is 11.8 Å². The molecule has 1 saturated heterocycles. The third kappa shape index (κ3) is 4.82. The predicted octanol–water partition coefficient (Wildman–Crippen LogP) is 1.16. The molecule has 3 rings (SSSR count). The predicted molar refractivity (Wildman–Crippen MR) is 110 cm³/mol. The molecule has 1 aromatic carbocycles. The van der Waals surface area contributed by atoms with Gasteiger partial charge in [0.25, 0.3) is 11.5 Å². The maximum Gasteiger partial charge on any atom is 0.255 e. The van der Waals surface area contributed by atoms with E-state index >= 15 is 0 Å². The van der Waals surface area contributed by atoms with Crippen molar-refractivity contribution in [3.05, 3.63) is 46.4 Å². The summed E-state index contributed by atoms with van der Waals surface area (Å²) < 4.78 is 0. The standard InChI is InChI=1S/C21H26N4O4/c1-13(9-10-22-18(26)11-14-7-8-19(27)25(14)2)24-21(29)17-12-23-20(28)16-6-4-3-5-15(16)17/h3-6,12-14H,7-11H2,1-2H3,(H,22,26)(H,23,28)(H,24,29)/t13-,14?/m0/s1. The number of nitrogens with zero attached hydrogens (tertiary/aromatic N) is 1. The molecule has 154 valence electrons. The van der Waals surface area contributed by atoms with Gasteiger partial charge in [0.1, 0.15) is 0 Å². The Hall–Kier alpha value is -3.16. The average Bonchev–Trinajstić information content (AvgIpc) is 3.00. The first-order valence-electron chi connectivity index (χ1n) is 9.80. The smallest absolute Gasteiger partial charge is 0.255 e. The zero-order valence-electron chi connectivity index (χ0n) is 16.7. The first-order valence-corrected chi connectivity index (χ1v) is 9.80. The molecule has 2 aromatic rings. The molecule has 1 aliphatic rings. The van der Waals surface area contributed by atoms with Gasteiger partial charge in [-0.15, -0.1) is 0 Å². The molecule has 3 amide bonds. The Morgan fingerprint density at radius 2 is 1.97 bits per heavy atom. The zero-order chi connectivity index (χ0) is 21.0. The van der Waals surface area contributed by atoms with E-state index in [-0.39, 0.29) is 35.4 Å². The lowest BCUT2D eigenvalue weighted by Crippen LogP contribution is -2.38. The molecule has 8 heteroatoms. The van der Waals surface area contributed by atoms with E-state index in [0.717, 1.165) is 0 Å². The Morgan fingerprint density at radius 3 is 2.66 bits per heavy atom. The van der Waals surface area contributed by atoms with Crippen LogP contribution in [0.2, 0.25) is 0 Å². The zero-order valence-corrected chi connectivity index (χ0v) is 16.7. The van der Waals surface area contributed by atoms with Gasteiger partial charge in [0, 0.05) is 55.5 Å². The lowest BCUT2D eigenvalue weighted by molar-refractivity contribution is -0.128. The number of pyridine rings is 1. The molecule has 0 aliphatic carbocycles. The minimum absolute atomic E-state index is 0.0341. The molecule has 0 spiro atoms. The van der Waals surface area contributed by atoms with Crippen molar-refractivity contribution in [1.82, 2.24) is 20.5 Å². The highest BCUT2D eigenvalue weighted by Crippen LogP contribution is 2.19. The second-order valence-electron chi connectivity index (χ2n) is 7.49. The van der Waals surface area contributed by atoms with E-state index in [1.807, 2.05) is 6.92 Å². The minimum Gasteiger partial charge on any atom is -0.356 e. The van der Waals surface area contributed by atoms with Gasteiger partial charge < -0.3 is 20.5 Å². The van der Waals surface area contributed by atoms with Crippen LogP contribution < -0.4 is 16.2 Å². The fourth-order valence-electron chi connectivity index (χ4n) is 3.59. The lowest BCUT2D eigenvalue weighted by Gasteiger charge is -2.19. The van der Waals surface area contributed by atoms with E-state index in [2.05, 4.69) is 15.6 Å². The van der Waals surface area contributed by atoms with Gasteiger partial charge in [-0.25, -0.2) is 0 Å². The number of fused-ring (bicyclic) bond motifs is 1. The van der Waals surface area contributed by atoms with Crippen LogP contribution in [0.1, 0.15) is 43.0 Å². The molecule has 3 N–H and O–H groups in total. The molecule has 0 bridgehead atoms. The number of aromatic nitrogens is 1. The molecule has 2 heterocycles. The van der Waals surface area contributed by atoms with Crippen molar-refractivity contribution >= 4 is 28.5 Å². The van der Waals surface area contributed by atoms with Crippen LogP contribution in [0.15, 0.2) is 35.3 Å². The molecular weight excluding hydrogens is 372 g/mol. The molecular formula is C21H26N4O4. The molecule has 1 fully saturated rings. The van der Waals surface area contributed by atoms with Gasteiger partial charge in [0.15, 0.2) is 0 Å². The van der Waals surface area contributed by atoms with Crippen LogP contribution in [0.4, 0.5) is 0 Å². The number of hydrogen-bond donors (Lipinski definition) is 3. The Bertz CT molecular complexity index is 984. The fourth-order valence-corrected chi connectivity index (χ4v) is 3.59. The van der Waals surface area contributed by atoms with Gasteiger partial charge in [-0.05, 0) is 25.8 Å². The number of H-pyrrole nitrogens is 1. The number of nitrogens with one attached hydrogen (secondary N) is 3. The Balaban J connectivity index is 1.49. The molecule has 1 unspecified atom stereocenters. The van der Waals surface area contributed by atoms with Gasteiger partial charge in [0.05, 0.1) is 5.56 Å². The number of hydrogen-bond acceptors (Lipinski definition) is 4. The normalized spacial score (nSPS) is 17.4. The summed E-state index contributed by atoms with van der Waals surface area (Å²) in [6.45, 7) is 2.29. The number of carbonyl (C=O) groups excluding carboxylic acids is 3. The Morgan fingerprint density at radius 1 is 1.24 bits per heavy atom. The first kappa shape index (κ1) is 20.6. The van der Waals surface area contributed by atoms with E-state index in [4.69, 9.17) is 0 Å². The first-order chi connectivity index (χ1) is 13.9. The monoisotopic (exact) mass is 398 g/mol.